The Hall–Kier alpha value is -2.58. The van der Waals surface area contributed by atoms with Gasteiger partial charge in [0.1, 0.15) is 5.82 Å². The zero-order valence-corrected chi connectivity index (χ0v) is 16.6. The van der Waals surface area contributed by atoms with Crippen molar-refractivity contribution >= 4 is 44.2 Å². The number of hydrogen-bond acceptors (Lipinski definition) is 4. The molecule has 0 aliphatic rings. The molecule has 0 fully saturated rings. The Morgan fingerprint density at radius 3 is 2.39 bits per heavy atom. The van der Waals surface area contributed by atoms with E-state index < -0.39 is 21.8 Å². The molecule has 0 bridgehead atoms. The number of hydrogen-bond donors (Lipinski definition) is 1. The molecule has 0 aromatic heterocycles. The second-order valence-corrected chi connectivity index (χ2v) is 8.86. The van der Waals surface area contributed by atoms with Crippen LogP contribution in [0.25, 0.3) is 10.8 Å². The van der Waals surface area contributed by atoms with Gasteiger partial charge >= 0.3 is 5.97 Å². The van der Waals surface area contributed by atoms with Gasteiger partial charge in [0.2, 0.25) is 0 Å². The van der Waals surface area contributed by atoms with Gasteiger partial charge in [0.25, 0.3) is 10.0 Å². The van der Waals surface area contributed by atoms with E-state index in [1.54, 1.807) is 30.3 Å². The van der Waals surface area contributed by atoms with E-state index in [0.29, 0.717) is 16.5 Å². The number of rotatable bonds is 7. The molecule has 0 saturated carbocycles. The van der Waals surface area contributed by atoms with Crippen molar-refractivity contribution in [1.29, 1.82) is 0 Å². The molecular formula is C20H18FNO4S2. The number of thioether (sulfide) groups is 1. The number of nitrogens with zero attached hydrogens (tertiary/aromatic N) is 1. The van der Waals surface area contributed by atoms with Crippen LogP contribution in [0.4, 0.5) is 10.1 Å². The molecule has 28 heavy (non-hydrogen) atoms. The van der Waals surface area contributed by atoms with E-state index in [0.717, 1.165) is 16.4 Å². The molecule has 0 spiro atoms. The van der Waals surface area contributed by atoms with Crippen LogP contribution in [0, 0.1) is 5.82 Å². The van der Waals surface area contributed by atoms with E-state index in [1.807, 2.05) is 6.26 Å². The first-order valence-corrected chi connectivity index (χ1v) is 11.2. The van der Waals surface area contributed by atoms with E-state index in [1.165, 1.54) is 30.0 Å². The first-order valence-electron chi connectivity index (χ1n) is 8.38. The summed E-state index contributed by atoms with van der Waals surface area (Å²) < 4.78 is 40.9. The lowest BCUT2D eigenvalue weighted by Gasteiger charge is -2.26. The van der Waals surface area contributed by atoms with Crippen LogP contribution < -0.4 is 4.31 Å². The SMILES string of the molecule is CSCCN(c1ccc2ccccc2c1C(=O)O)S(=O)(=O)c1ccc(F)cc1. The molecule has 0 radical (unpaired) electrons. The van der Waals surface area contributed by atoms with Gasteiger partial charge in [-0.1, -0.05) is 30.3 Å². The second kappa shape index (κ2) is 8.20. The number of carbonyl (C=O) groups is 1. The summed E-state index contributed by atoms with van der Waals surface area (Å²) in [7, 11) is -4.08. The number of aromatic carboxylic acids is 1. The van der Waals surface area contributed by atoms with Crippen molar-refractivity contribution in [2.24, 2.45) is 0 Å². The summed E-state index contributed by atoms with van der Waals surface area (Å²) in [6.45, 7) is 0.0828. The van der Waals surface area contributed by atoms with Crippen molar-refractivity contribution in [2.45, 2.75) is 4.90 Å². The maximum Gasteiger partial charge on any atom is 0.338 e. The molecule has 0 aliphatic carbocycles. The normalized spacial score (nSPS) is 11.5. The summed E-state index contributed by atoms with van der Waals surface area (Å²) in [5.74, 6) is -1.30. The predicted octanol–water partition coefficient (Wildman–Crippen LogP) is 4.24. The van der Waals surface area contributed by atoms with Crippen molar-refractivity contribution in [2.75, 3.05) is 22.9 Å². The second-order valence-electron chi connectivity index (χ2n) is 6.01. The van der Waals surface area contributed by atoms with Crippen LogP contribution >= 0.6 is 11.8 Å². The zero-order chi connectivity index (χ0) is 20.3. The Kier molecular flexibility index (Phi) is 5.90. The van der Waals surface area contributed by atoms with Crippen molar-refractivity contribution < 1.29 is 22.7 Å². The predicted molar refractivity (Wildman–Crippen MR) is 110 cm³/mol. The molecule has 8 heteroatoms. The Morgan fingerprint density at radius 1 is 1.07 bits per heavy atom. The average Bonchev–Trinajstić information content (AvgIpc) is 2.67. The summed E-state index contributed by atoms with van der Waals surface area (Å²) in [6.07, 6.45) is 1.83. The van der Waals surface area contributed by atoms with Crippen molar-refractivity contribution in [3.63, 3.8) is 0 Å². The van der Waals surface area contributed by atoms with E-state index in [-0.39, 0.29) is 22.7 Å². The quantitative estimate of drug-likeness (QED) is 0.620. The van der Waals surface area contributed by atoms with Gasteiger partial charge in [0.15, 0.2) is 0 Å². The van der Waals surface area contributed by atoms with Gasteiger partial charge < -0.3 is 5.11 Å². The molecule has 5 nitrogen and oxygen atoms in total. The third kappa shape index (κ3) is 3.83. The van der Waals surface area contributed by atoms with Gasteiger partial charge in [-0.3, -0.25) is 4.31 Å². The molecule has 3 rings (SSSR count). The maximum atomic E-state index is 13.3. The zero-order valence-electron chi connectivity index (χ0n) is 15.0. The Labute approximate surface area is 166 Å². The summed E-state index contributed by atoms with van der Waals surface area (Å²) in [5.41, 5.74) is 0.00876. The molecule has 0 saturated heterocycles. The molecule has 0 amide bonds. The molecule has 3 aromatic carbocycles. The van der Waals surface area contributed by atoms with Gasteiger partial charge in [0.05, 0.1) is 16.1 Å². The van der Waals surface area contributed by atoms with Crippen LogP contribution in [0.5, 0.6) is 0 Å². The average molecular weight is 419 g/mol. The minimum Gasteiger partial charge on any atom is -0.478 e. The molecule has 0 heterocycles. The maximum absolute atomic E-state index is 13.3. The fourth-order valence-electron chi connectivity index (χ4n) is 2.97. The Morgan fingerprint density at radius 2 is 1.75 bits per heavy atom. The molecule has 0 aliphatic heterocycles. The number of halogens is 1. The molecule has 1 N–H and O–H groups in total. The van der Waals surface area contributed by atoms with Gasteiger partial charge in [-0.2, -0.15) is 11.8 Å². The number of benzene rings is 3. The minimum atomic E-state index is -4.08. The smallest absolute Gasteiger partial charge is 0.338 e. The van der Waals surface area contributed by atoms with Crippen molar-refractivity contribution in [3.8, 4) is 0 Å². The fourth-order valence-corrected chi connectivity index (χ4v) is 4.93. The standard InChI is InChI=1S/C20H18FNO4S2/c1-27-13-12-22(28(25,26)16-9-7-15(21)8-10-16)18-11-6-14-4-2-3-5-17(14)19(18)20(23)24/h2-11H,12-13H2,1H3,(H,23,24). The largest absolute Gasteiger partial charge is 0.478 e. The number of anilines is 1. The third-order valence-electron chi connectivity index (χ3n) is 4.29. The van der Waals surface area contributed by atoms with Crippen LogP contribution in [0.3, 0.4) is 0 Å². The molecule has 0 unspecified atom stereocenters. The Bertz CT molecular complexity index is 1110. The lowest BCUT2D eigenvalue weighted by Crippen LogP contribution is -2.34. The van der Waals surface area contributed by atoms with Gasteiger partial charge in [0, 0.05) is 12.3 Å². The van der Waals surface area contributed by atoms with Gasteiger partial charge in [-0.15, -0.1) is 0 Å². The number of carboxylic acid groups (broad SMARTS) is 1. The summed E-state index contributed by atoms with van der Waals surface area (Å²) in [6, 6.07) is 14.6. The molecule has 3 aromatic rings. The molecular weight excluding hydrogens is 401 g/mol. The van der Waals surface area contributed by atoms with Crippen LogP contribution in [-0.2, 0) is 10.0 Å². The third-order valence-corrected chi connectivity index (χ3v) is 6.71. The highest BCUT2D eigenvalue weighted by molar-refractivity contribution is 7.98. The first kappa shape index (κ1) is 20.2. The van der Waals surface area contributed by atoms with Crippen molar-refractivity contribution in [3.05, 3.63) is 72.0 Å². The highest BCUT2D eigenvalue weighted by Gasteiger charge is 2.29. The highest BCUT2D eigenvalue weighted by atomic mass is 32.2. The molecule has 146 valence electrons. The minimum absolute atomic E-state index is 0.0788. The first-order chi connectivity index (χ1) is 13.4. The van der Waals surface area contributed by atoms with Crippen LogP contribution in [-0.4, -0.2) is 38.0 Å². The lowest BCUT2D eigenvalue weighted by molar-refractivity contribution is 0.0700. The Balaban J connectivity index is 2.24. The monoisotopic (exact) mass is 419 g/mol. The fraction of sp³-hybridized carbons (Fsp3) is 0.150. The van der Waals surface area contributed by atoms with E-state index >= 15 is 0 Å². The van der Waals surface area contributed by atoms with E-state index in [9.17, 15) is 22.7 Å². The van der Waals surface area contributed by atoms with Crippen LogP contribution in [0.1, 0.15) is 10.4 Å². The lowest BCUT2D eigenvalue weighted by atomic mass is 10.0. The van der Waals surface area contributed by atoms with E-state index in [2.05, 4.69) is 0 Å². The molecule has 0 atom stereocenters. The number of sulfonamides is 1. The van der Waals surface area contributed by atoms with Crippen LogP contribution in [0.2, 0.25) is 0 Å². The summed E-state index contributed by atoms with van der Waals surface area (Å²) in [4.78, 5) is 11.9. The van der Waals surface area contributed by atoms with E-state index in [4.69, 9.17) is 0 Å². The summed E-state index contributed by atoms with van der Waals surface area (Å²) in [5, 5.41) is 11.0. The van der Waals surface area contributed by atoms with Crippen LogP contribution in [0.15, 0.2) is 65.6 Å². The van der Waals surface area contributed by atoms with Gasteiger partial charge in [-0.05, 0) is 47.4 Å². The topological polar surface area (TPSA) is 74.7 Å². The summed E-state index contributed by atoms with van der Waals surface area (Å²) >= 11 is 1.44. The van der Waals surface area contributed by atoms with Crippen molar-refractivity contribution in [1.82, 2.24) is 0 Å². The number of carboxylic acids is 1. The number of fused-ring (bicyclic) bond motifs is 1. The highest BCUT2D eigenvalue weighted by Crippen LogP contribution is 2.33. The van der Waals surface area contributed by atoms with Gasteiger partial charge in [-0.25, -0.2) is 17.6 Å².